The molecule has 0 amide bonds. The molecule has 1 aromatic heterocycles. The van der Waals surface area contributed by atoms with Crippen molar-refractivity contribution in [1.82, 2.24) is 14.3 Å². The zero-order valence-electron chi connectivity index (χ0n) is 13.7. The van der Waals surface area contributed by atoms with Gasteiger partial charge < -0.3 is 5.32 Å². The first-order valence-electron chi connectivity index (χ1n) is 8.14. The van der Waals surface area contributed by atoms with E-state index in [1.807, 2.05) is 13.1 Å². The van der Waals surface area contributed by atoms with Crippen LogP contribution in [0.1, 0.15) is 18.5 Å². The van der Waals surface area contributed by atoms with Crippen molar-refractivity contribution in [1.29, 1.82) is 0 Å². The molecule has 1 N–H and O–H groups in total. The molecule has 0 saturated carbocycles. The number of piperidine rings is 1. The van der Waals surface area contributed by atoms with Crippen LogP contribution in [-0.4, -0.2) is 42.8 Å². The third-order valence-corrected chi connectivity index (χ3v) is 6.23. The van der Waals surface area contributed by atoms with Gasteiger partial charge in [0.2, 0.25) is 10.0 Å². The van der Waals surface area contributed by atoms with Gasteiger partial charge in [-0.2, -0.15) is 4.31 Å². The van der Waals surface area contributed by atoms with Crippen LogP contribution in [0.25, 0.3) is 0 Å². The highest BCUT2D eigenvalue weighted by atomic mass is 32.2. The van der Waals surface area contributed by atoms with Crippen LogP contribution in [0.3, 0.4) is 0 Å². The Morgan fingerprint density at radius 3 is 2.71 bits per heavy atom. The summed E-state index contributed by atoms with van der Waals surface area (Å²) < 4.78 is 27.2. The fraction of sp³-hybridized carbons (Fsp3) is 0.412. The highest BCUT2D eigenvalue weighted by molar-refractivity contribution is 7.89. The summed E-state index contributed by atoms with van der Waals surface area (Å²) in [5.74, 6) is 1.02. The Morgan fingerprint density at radius 1 is 1.21 bits per heavy atom. The maximum absolute atomic E-state index is 12.8. The monoisotopic (exact) mass is 346 g/mol. The van der Waals surface area contributed by atoms with Crippen molar-refractivity contribution < 1.29 is 8.42 Å². The van der Waals surface area contributed by atoms with Crippen LogP contribution in [0.4, 0.5) is 5.82 Å². The molecule has 0 unspecified atom stereocenters. The predicted octanol–water partition coefficient (Wildman–Crippen LogP) is 2.16. The Morgan fingerprint density at radius 2 is 1.96 bits per heavy atom. The second kappa shape index (κ2) is 7.27. The van der Waals surface area contributed by atoms with Crippen molar-refractivity contribution in [3.63, 3.8) is 0 Å². The standard InChI is InChI=1S/C17H22N4O2S/c1-18-17-16(19-9-10-20-17)12-14-6-5-11-21(13-14)24(22,23)15-7-3-2-4-8-15/h2-4,7-10,14H,5-6,11-13H2,1H3,(H,18,20)/t14-/m0/s1. The van der Waals surface area contributed by atoms with E-state index in [9.17, 15) is 8.42 Å². The number of hydrogen-bond acceptors (Lipinski definition) is 5. The maximum Gasteiger partial charge on any atom is 0.243 e. The molecule has 1 atom stereocenters. The summed E-state index contributed by atoms with van der Waals surface area (Å²) in [5.41, 5.74) is 0.893. The van der Waals surface area contributed by atoms with Crippen molar-refractivity contribution in [2.24, 2.45) is 5.92 Å². The molecule has 1 aliphatic heterocycles. The quantitative estimate of drug-likeness (QED) is 0.898. The second-order valence-electron chi connectivity index (χ2n) is 5.99. The average Bonchev–Trinajstić information content (AvgIpc) is 2.63. The van der Waals surface area contributed by atoms with Crippen molar-refractivity contribution in [2.75, 3.05) is 25.5 Å². The molecule has 7 heteroatoms. The molecular weight excluding hydrogens is 324 g/mol. The lowest BCUT2D eigenvalue weighted by Gasteiger charge is -2.32. The van der Waals surface area contributed by atoms with Crippen LogP contribution in [-0.2, 0) is 16.4 Å². The lowest BCUT2D eigenvalue weighted by Crippen LogP contribution is -2.40. The lowest BCUT2D eigenvalue weighted by molar-refractivity contribution is 0.264. The fourth-order valence-electron chi connectivity index (χ4n) is 3.15. The summed E-state index contributed by atoms with van der Waals surface area (Å²) in [4.78, 5) is 9.03. The van der Waals surface area contributed by atoms with Gasteiger partial charge >= 0.3 is 0 Å². The highest BCUT2D eigenvalue weighted by Gasteiger charge is 2.30. The first-order valence-corrected chi connectivity index (χ1v) is 9.58. The molecule has 1 aliphatic rings. The molecule has 1 aromatic carbocycles. The summed E-state index contributed by atoms with van der Waals surface area (Å²) in [6, 6.07) is 8.65. The molecular formula is C17H22N4O2S. The van der Waals surface area contributed by atoms with Gasteiger partial charge in [0, 0.05) is 32.5 Å². The Hall–Kier alpha value is -1.99. The lowest BCUT2D eigenvalue weighted by atomic mass is 9.94. The molecule has 6 nitrogen and oxygen atoms in total. The van der Waals surface area contributed by atoms with E-state index >= 15 is 0 Å². The van der Waals surface area contributed by atoms with Crippen LogP contribution in [0.5, 0.6) is 0 Å². The first kappa shape index (κ1) is 16.9. The second-order valence-corrected chi connectivity index (χ2v) is 7.93. The summed E-state index contributed by atoms with van der Waals surface area (Å²) in [5, 5.41) is 3.05. The number of aromatic nitrogens is 2. The van der Waals surface area contributed by atoms with Crippen LogP contribution >= 0.6 is 0 Å². The van der Waals surface area contributed by atoms with Crippen LogP contribution in [0.2, 0.25) is 0 Å². The zero-order chi connectivity index (χ0) is 17.0. The summed E-state index contributed by atoms with van der Waals surface area (Å²) in [6.45, 7) is 1.10. The van der Waals surface area contributed by atoms with Gasteiger partial charge in [-0.25, -0.2) is 13.4 Å². The zero-order valence-corrected chi connectivity index (χ0v) is 14.5. The van der Waals surface area contributed by atoms with Crippen molar-refractivity contribution in [2.45, 2.75) is 24.2 Å². The Kier molecular flexibility index (Phi) is 5.11. The number of anilines is 1. The maximum atomic E-state index is 12.8. The largest absolute Gasteiger partial charge is 0.372 e. The van der Waals surface area contributed by atoms with Crippen LogP contribution in [0, 0.1) is 5.92 Å². The topological polar surface area (TPSA) is 75.2 Å². The third-order valence-electron chi connectivity index (χ3n) is 4.36. The first-order chi connectivity index (χ1) is 11.6. The van der Waals surface area contributed by atoms with Gasteiger partial charge in [-0.05, 0) is 37.3 Å². The van der Waals surface area contributed by atoms with E-state index in [0.717, 1.165) is 30.8 Å². The minimum absolute atomic E-state index is 0.251. The van der Waals surface area contributed by atoms with Gasteiger partial charge in [-0.3, -0.25) is 4.98 Å². The molecule has 0 spiro atoms. The summed E-state index contributed by atoms with van der Waals surface area (Å²) in [6.07, 6.45) is 5.93. The fourth-order valence-corrected chi connectivity index (χ4v) is 4.73. The van der Waals surface area contributed by atoms with E-state index in [2.05, 4.69) is 15.3 Å². The number of nitrogens with zero attached hydrogens (tertiary/aromatic N) is 3. The van der Waals surface area contributed by atoms with E-state index in [1.165, 1.54) is 0 Å². The molecule has 2 heterocycles. The van der Waals surface area contributed by atoms with Gasteiger partial charge in [0.1, 0.15) is 5.82 Å². The highest BCUT2D eigenvalue weighted by Crippen LogP contribution is 2.26. The van der Waals surface area contributed by atoms with Gasteiger partial charge in [0.05, 0.1) is 10.6 Å². The van der Waals surface area contributed by atoms with E-state index in [4.69, 9.17) is 0 Å². The molecule has 2 aromatic rings. The SMILES string of the molecule is CNc1nccnc1C[C@@H]1CCCN(S(=O)(=O)c2ccccc2)C1. The van der Waals surface area contributed by atoms with Gasteiger partial charge in [0.15, 0.2) is 0 Å². The van der Waals surface area contributed by atoms with Gasteiger partial charge in [-0.1, -0.05) is 18.2 Å². The van der Waals surface area contributed by atoms with Crippen LogP contribution < -0.4 is 5.32 Å². The number of benzene rings is 1. The number of rotatable bonds is 5. The minimum Gasteiger partial charge on any atom is -0.372 e. The predicted molar refractivity (Wildman–Crippen MR) is 93.2 cm³/mol. The van der Waals surface area contributed by atoms with Gasteiger partial charge in [0.25, 0.3) is 0 Å². The summed E-state index contributed by atoms with van der Waals surface area (Å²) >= 11 is 0. The van der Waals surface area contributed by atoms with Crippen molar-refractivity contribution in [3.05, 3.63) is 48.4 Å². The molecule has 1 saturated heterocycles. The van der Waals surface area contributed by atoms with Crippen LogP contribution in [0.15, 0.2) is 47.6 Å². The van der Waals surface area contributed by atoms with E-state index in [0.29, 0.717) is 18.0 Å². The average molecular weight is 346 g/mol. The normalized spacial score (nSPS) is 19.1. The Balaban J connectivity index is 1.75. The van der Waals surface area contributed by atoms with Crippen molar-refractivity contribution in [3.8, 4) is 0 Å². The van der Waals surface area contributed by atoms with Crippen molar-refractivity contribution >= 4 is 15.8 Å². The Labute approximate surface area is 143 Å². The minimum atomic E-state index is -3.42. The smallest absolute Gasteiger partial charge is 0.243 e. The molecule has 24 heavy (non-hydrogen) atoms. The number of hydrogen-bond donors (Lipinski definition) is 1. The molecule has 0 aliphatic carbocycles. The molecule has 0 radical (unpaired) electrons. The molecule has 0 bridgehead atoms. The summed E-state index contributed by atoms with van der Waals surface area (Å²) in [7, 11) is -1.60. The van der Waals surface area contributed by atoms with E-state index in [-0.39, 0.29) is 5.92 Å². The number of nitrogens with one attached hydrogen (secondary N) is 1. The molecule has 3 rings (SSSR count). The van der Waals surface area contributed by atoms with E-state index < -0.39 is 10.0 Å². The van der Waals surface area contributed by atoms with E-state index in [1.54, 1.807) is 41.0 Å². The molecule has 1 fully saturated rings. The third kappa shape index (κ3) is 3.57. The Bertz CT molecular complexity index is 780. The number of sulfonamides is 1. The van der Waals surface area contributed by atoms with Gasteiger partial charge in [-0.15, -0.1) is 0 Å². The molecule has 128 valence electrons.